The third-order valence-corrected chi connectivity index (χ3v) is 0.897. The van der Waals surface area contributed by atoms with E-state index < -0.39 is 12.1 Å². The normalized spacial score (nSPS) is 16.8. The van der Waals surface area contributed by atoms with E-state index in [9.17, 15) is 4.79 Å². The Morgan fingerprint density at radius 2 is 2.22 bits per heavy atom. The van der Waals surface area contributed by atoms with E-state index in [0.717, 1.165) is 0 Å². The largest absolute Gasteiger partial charge is 0.395 e. The summed E-state index contributed by atoms with van der Waals surface area (Å²) in [4.78, 5) is 9.64. The summed E-state index contributed by atoms with van der Waals surface area (Å²) in [7, 11) is 0. The first-order valence-electron chi connectivity index (χ1n) is 2.63. The first kappa shape index (κ1) is 8.55. The van der Waals surface area contributed by atoms with Gasteiger partial charge in [0.2, 0.25) is 6.29 Å². The summed E-state index contributed by atoms with van der Waals surface area (Å²) in [5.74, 6) is 0. The molecule has 0 aromatic rings. The second-order valence-corrected chi connectivity index (χ2v) is 1.81. The van der Waals surface area contributed by atoms with Crippen LogP contribution in [0.15, 0.2) is 0 Å². The lowest BCUT2D eigenvalue weighted by atomic mass is 10.1. The van der Waals surface area contributed by atoms with Crippen molar-refractivity contribution in [1.29, 1.82) is 0 Å². The molecular formula is C5H10NO3. The van der Waals surface area contributed by atoms with Gasteiger partial charge >= 0.3 is 0 Å². The Hall–Kier alpha value is -0.450. The second kappa shape index (κ2) is 4.43. The molecule has 53 valence electrons. The maximum absolute atomic E-state index is 9.64. The van der Waals surface area contributed by atoms with Crippen LogP contribution < -0.4 is 5.73 Å². The van der Waals surface area contributed by atoms with Crippen molar-refractivity contribution >= 4 is 6.29 Å². The number of hydrogen-bond donors (Lipinski definition) is 3. The molecule has 2 atom stereocenters. The molecule has 0 aliphatic rings. The number of aliphatic hydroxyl groups is 2. The molecule has 0 fully saturated rings. The fraction of sp³-hybridized carbons (Fsp3) is 0.800. The van der Waals surface area contributed by atoms with Gasteiger partial charge < -0.3 is 15.9 Å². The van der Waals surface area contributed by atoms with Gasteiger partial charge in [-0.05, 0) is 6.42 Å². The van der Waals surface area contributed by atoms with Crippen molar-refractivity contribution in [2.24, 2.45) is 5.73 Å². The molecule has 4 N–H and O–H groups in total. The lowest BCUT2D eigenvalue weighted by Gasteiger charge is -2.07. The maximum atomic E-state index is 9.64. The molecule has 9 heavy (non-hydrogen) atoms. The summed E-state index contributed by atoms with van der Waals surface area (Å²) in [6.45, 7) is -0.223. The van der Waals surface area contributed by atoms with Crippen molar-refractivity contribution in [3.63, 3.8) is 0 Å². The van der Waals surface area contributed by atoms with Crippen LogP contribution in [0.5, 0.6) is 0 Å². The molecule has 4 heteroatoms. The standard InChI is InChI=1S/C5H10NO3/c6-4(2-7)1-5(9)3-8/h4-5,7,9H,1-2,6H2/t4?,5-/m0/s1. The van der Waals surface area contributed by atoms with Gasteiger partial charge in [0.1, 0.15) is 6.10 Å². The molecule has 4 nitrogen and oxygen atoms in total. The molecule has 1 unspecified atom stereocenters. The third kappa shape index (κ3) is 4.08. The lowest BCUT2D eigenvalue weighted by Crippen LogP contribution is -2.29. The highest BCUT2D eigenvalue weighted by atomic mass is 16.3. The quantitative estimate of drug-likeness (QED) is 0.420. The molecule has 0 heterocycles. The topological polar surface area (TPSA) is 83.6 Å². The Morgan fingerprint density at radius 3 is 2.56 bits per heavy atom. The molecule has 1 radical (unpaired) electrons. The molecule has 0 aromatic heterocycles. The van der Waals surface area contributed by atoms with E-state index in [0.29, 0.717) is 0 Å². The second-order valence-electron chi connectivity index (χ2n) is 1.81. The smallest absolute Gasteiger partial charge is 0.229 e. The van der Waals surface area contributed by atoms with Gasteiger partial charge in [-0.15, -0.1) is 0 Å². The van der Waals surface area contributed by atoms with Crippen LogP contribution in [0.1, 0.15) is 6.42 Å². The van der Waals surface area contributed by atoms with Gasteiger partial charge in [-0.25, -0.2) is 0 Å². The molecule has 0 spiro atoms. The Bertz CT molecular complexity index is 86.3. The Kier molecular flexibility index (Phi) is 4.21. The van der Waals surface area contributed by atoms with Gasteiger partial charge in [-0.2, -0.15) is 0 Å². The number of nitrogens with two attached hydrogens (primary N) is 1. The zero-order chi connectivity index (χ0) is 7.28. The van der Waals surface area contributed by atoms with Crippen molar-refractivity contribution < 1.29 is 15.0 Å². The maximum Gasteiger partial charge on any atom is 0.229 e. The fourth-order valence-electron chi connectivity index (χ4n) is 0.409. The van der Waals surface area contributed by atoms with E-state index in [1.165, 1.54) is 6.29 Å². The zero-order valence-electron chi connectivity index (χ0n) is 4.95. The van der Waals surface area contributed by atoms with Crippen molar-refractivity contribution in [2.75, 3.05) is 6.61 Å². The minimum atomic E-state index is -1.16. The number of carbonyl (C=O) groups excluding carboxylic acids is 1. The van der Waals surface area contributed by atoms with Crippen LogP contribution in [0.3, 0.4) is 0 Å². The summed E-state index contributed by atoms with van der Waals surface area (Å²) in [6, 6.07) is -0.526. The van der Waals surface area contributed by atoms with Gasteiger partial charge in [0.25, 0.3) is 0 Å². The Balaban J connectivity index is 3.33. The molecule has 0 saturated heterocycles. The zero-order valence-corrected chi connectivity index (χ0v) is 4.95. The van der Waals surface area contributed by atoms with E-state index in [1.54, 1.807) is 0 Å². The average molecular weight is 132 g/mol. The SMILES string of the molecule is NC(CO)C[C@H](O)[C]=O. The summed E-state index contributed by atoms with van der Waals surface area (Å²) >= 11 is 0. The lowest BCUT2D eigenvalue weighted by molar-refractivity contribution is 0.185. The van der Waals surface area contributed by atoms with E-state index in [2.05, 4.69) is 0 Å². The molecule has 0 rings (SSSR count). The van der Waals surface area contributed by atoms with Crippen molar-refractivity contribution in [3.8, 4) is 0 Å². The number of rotatable bonds is 4. The van der Waals surface area contributed by atoms with Crippen LogP contribution in [0.4, 0.5) is 0 Å². The highest BCUT2D eigenvalue weighted by Gasteiger charge is 2.08. The summed E-state index contributed by atoms with van der Waals surface area (Å²) in [5.41, 5.74) is 5.16. The van der Waals surface area contributed by atoms with Crippen LogP contribution in [0.25, 0.3) is 0 Å². The number of aliphatic hydroxyl groups excluding tert-OH is 2. The molecule has 0 saturated carbocycles. The first-order valence-corrected chi connectivity index (χ1v) is 2.63. The number of hydrogen-bond acceptors (Lipinski definition) is 4. The highest BCUT2D eigenvalue weighted by Crippen LogP contribution is 1.90. The van der Waals surface area contributed by atoms with Crippen LogP contribution in [0.2, 0.25) is 0 Å². The van der Waals surface area contributed by atoms with Crippen LogP contribution in [-0.4, -0.2) is 35.3 Å². The van der Waals surface area contributed by atoms with E-state index in [4.69, 9.17) is 15.9 Å². The van der Waals surface area contributed by atoms with Crippen LogP contribution >= 0.6 is 0 Å². The van der Waals surface area contributed by atoms with Gasteiger partial charge in [0.15, 0.2) is 0 Å². The van der Waals surface area contributed by atoms with Gasteiger partial charge in [0, 0.05) is 6.04 Å². The molecule has 0 aliphatic heterocycles. The molecule has 0 aliphatic carbocycles. The van der Waals surface area contributed by atoms with Gasteiger partial charge in [-0.1, -0.05) is 0 Å². The molecule has 0 aromatic carbocycles. The summed E-state index contributed by atoms with van der Waals surface area (Å²) in [6.07, 6.45) is 0.254. The predicted octanol–water partition coefficient (Wildman–Crippen LogP) is -1.83. The first-order chi connectivity index (χ1) is 4.20. The fourth-order valence-corrected chi connectivity index (χ4v) is 0.409. The van der Waals surface area contributed by atoms with Crippen molar-refractivity contribution in [3.05, 3.63) is 0 Å². The van der Waals surface area contributed by atoms with E-state index >= 15 is 0 Å². The van der Waals surface area contributed by atoms with Crippen LogP contribution in [0, 0.1) is 0 Å². The summed E-state index contributed by atoms with van der Waals surface area (Å²) in [5, 5.41) is 16.9. The van der Waals surface area contributed by atoms with E-state index in [1.807, 2.05) is 0 Å². The average Bonchev–Trinajstić information content (AvgIpc) is 1.87. The Labute approximate surface area is 53.3 Å². The van der Waals surface area contributed by atoms with Gasteiger partial charge in [0.05, 0.1) is 6.61 Å². The summed E-state index contributed by atoms with van der Waals surface area (Å²) < 4.78 is 0. The van der Waals surface area contributed by atoms with Crippen LogP contribution in [-0.2, 0) is 4.79 Å². The van der Waals surface area contributed by atoms with Gasteiger partial charge in [-0.3, -0.25) is 4.79 Å². The minimum absolute atomic E-state index is 0.0694. The Morgan fingerprint density at radius 1 is 1.67 bits per heavy atom. The minimum Gasteiger partial charge on any atom is -0.395 e. The third-order valence-electron chi connectivity index (χ3n) is 0.897. The predicted molar refractivity (Wildman–Crippen MR) is 31.4 cm³/mol. The molecular weight excluding hydrogens is 122 g/mol. The molecule has 0 bridgehead atoms. The monoisotopic (exact) mass is 132 g/mol. The van der Waals surface area contributed by atoms with Crippen molar-refractivity contribution in [2.45, 2.75) is 18.6 Å². The highest BCUT2D eigenvalue weighted by molar-refractivity contribution is 5.56. The van der Waals surface area contributed by atoms with Crippen molar-refractivity contribution in [1.82, 2.24) is 0 Å². The van der Waals surface area contributed by atoms with E-state index in [-0.39, 0.29) is 13.0 Å². The molecule has 0 amide bonds.